The Labute approximate surface area is 112 Å². The first-order valence-electron chi connectivity index (χ1n) is 6.42. The Morgan fingerprint density at radius 2 is 1.47 bits per heavy atom. The molecule has 2 atom stereocenters. The number of rotatable bonds is 6. The molecule has 0 spiro atoms. The van der Waals surface area contributed by atoms with E-state index < -0.39 is 0 Å². The lowest BCUT2D eigenvalue weighted by molar-refractivity contribution is 0.102. The van der Waals surface area contributed by atoms with Crippen molar-refractivity contribution in [2.45, 2.75) is 25.4 Å². The van der Waals surface area contributed by atoms with E-state index in [0.29, 0.717) is 12.2 Å². The lowest BCUT2D eigenvalue weighted by Gasteiger charge is -1.97. The van der Waals surface area contributed by atoms with Gasteiger partial charge in [-0.05, 0) is 11.1 Å². The van der Waals surface area contributed by atoms with Gasteiger partial charge in [-0.3, -0.25) is 0 Å². The average molecular weight is 268 g/mol. The molecule has 19 heavy (non-hydrogen) atoms. The first kappa shape index (κ1) is 14.4. The third-order valence-electron chi connectivity index (χ3n) is 2.77. The zero-order chi connectivity index (χ0) is 13.5. The largest absolute Gasteiger partial charge is 0.392 e. The summed E-state index contributed by atoms with van der Waals surface area (Å²) < 4.78 is 15.1. The standard InChI is InChI=1S/C8H10O2.C6H10O3/c9-5-7-2-1-3-8(4-7)6-10;1(5-3-8-5)7-2-6-4-9-6/h1-4,9-10H,5-6H2;5-6H,1-4H2. The van der Waals surface area contributed by atoms with Crippen LogP contribution >= 0.6 is 0 Å². The molecule has 106 valence electrons. The molecule has 2 N–H and O–H groups in total. The lowest BCUT2D eigenvalue weighted by Crippen LogP contribution is -2.06. The molecular weight excluding hydrogens is 248 g/mol. The Morgan fingerprint density at radius 1 is 1.00 bits per heavy atom. The average Bonchev–Trinajstić information content (AvgIpc) is 3.34. The smallest absolute Gasteiger partial charge is 0.104 e. The highest BCUT2D eigenvalue weighted by Crippen LogP contribution is 2.12. The summed E-state index contributed by atoms with van der Waals surface area (Å²) in [5.74, 6) is 0. The van der Waals surface area contributed by atoms with Crippen LogP contribution in [0.1, 0.15) is 11.1 Å². The monoisotopic (exact) mass is 268 g/mol. The molecule has 1 aromatic rings. The summed E-state index contributed by atoms with van der Waals surface area (Å²) in [6, 6.07) is 7.23. The van der Waals surface area contributed by atoms with Crippen molar-refractivity contribution in [3.63, 3.8) is 0 Å². The molecule has 2 unspecified atom stereocenters. The first-order chi connectivity index (χ1) is 9.31. The molecule has 0 aromatic heterocycles. The Bertz CT molecular complexity index is 343. The van der Waals surface area contributed by atoms with Crippen LogP contribution in [0.15, 0.2) is 24.3 Å². The molecule has 0 saturated carbocycles. The van der Waals surface area contributed by atoms with Crippen molar-refractivity contribution in [1.82, 2.24) is 0 Å². The summed E-state index contributed by atoms with van der Waals surface area (Å²) in [4.78, 5) is 0. The van der Waals surface area contributed by atoms with E-state index in [9.17, 15) is 0 Å². The molecular formula is C14H20O5. The second kappa shape index (κ2) is 7.57. The van der Waals surface area contributed by atoms with E-state index in [4.69, 9.17) is 24.4 Å². The lowest BCUT2D eigenvalue weighted by atomic mass is 10.1. The zero-order valence-corrected chi connectivity index (χ0v) is 10.8. The molecule has 0 radical (unpaired) electrons. The highest BCUT2D eigenvalue weighted by molar-refractivity contribution is 5.21. The summed E-state index contributed by atoms with van der Waals surface area (Å²) in [6.45, 7) is 3.33. The fourth-order valence-corrected chi connectivity index (χ4v) is 1.49. The second-order valence-corrected chi connectivity index (χ2v) is 4.58. The maximum atomic E-state index is 8.68. The predicted molar refractivity (Wildman–Crippen MR) is 68.6 cm³/mol. The van der Waals surface area contributed by atoms with Crippen molar-refractivity contribution in [2.24, 2.45) is 0 Å². The molecule has 3 rings (SSSR count). The van der Waals surface area contributed by atoms with Crippen molar-refractivity contribution >= 4 is 0 Å². The molecule has 0 aliphatic carbocycles. The maximum absolute atomic E-state index is 8.68. The Kier molecular flexibility index (Phi) is 5.75. The van der Waals surface area contributed by atoms with Crippen LogP contribution in [-0.2, 0) is 27.4 Å². The summed E-state index contributed by atoms with van der Waals surface area (Å²) in [6.07, 6.45) is 0.785. The van der Waals surface area contributed by atoms with Crippen molar-refractivity contribution in [3.8, 4) is 0 Å². The van der Waals surface area contributed by atoms with Crippen LogP contribution in [0, 0.1) is 0 Å². The van der Waals surface area contributed by atoms with E-state index in [0.717, 1.165) is 37.6 Å². The molecule has 1 aromatic carbocycles. The Balaban J connectivity index is 0.000000141. The molecule has 2 aliphatic heterocycles. The third kappa shape index (κ3) is 6.13. The molecule has 5 nitrogen and oxygen atoms in total. The minimum Gasteiger partial charge on any atom is -0.392 e. The van der Waals surface area contributed by atoms with Gasteiger partial charge in [0.15, 0.2) is 0 Å². The van der Waals surface area contributed by atoms with E-state index in [2.05, 4.69) is 0 Å². The predicted octanol–water partition coefficient (Wildman–Crippen LogP) is 0.472. The third-order valence-corrected chi connectivity index (χ3v) is 2.77. The number of benzene rings is 1. The highest BCUT2D eigenvalue weighted by Gasteiger charge is 2.26. The number of hydrogen-bond acceptors (Lipinski definition) is 5. The van der Waals surface area contributed by atoms with E-state index in [1.54, 1.807) is 6.07 Å². The van der Waals surface area contributed by atoms with Crippen molar-refractivity contribution in [2.75, 3.05) is 26.4 Å². The summed E-state index contributed by atoms with van der Waals surface area (Å²) in [5, 5.41) is 17.4. The number of aliphatic hydroxyl groups is 2. The van der Waals surface area contributed by atoms with Crippen LogP contribution in [0.25, 0.3) is 0 Å². The van der Waals surface area contributed by atoms with E-state index >= 15 is 0 Å². The number of hydrogen-bond donors (Lipinski definition) is 2. The molecule has 0 amide bonds. The summed E-state index contributed by atoms with van der Waals surface area (Å²) in [5.41, 5.74) is 1.68. The van der Waals surface area contributed by atoms with Crippen molar-refractivity contribution < 1.29 is 24.4 Å². The van der Waals surface area contributed by atoms with Gasteiger partial charge in [0.25, 0.3) is 0 Å². The van der Waals surface area contributed by atoms with Crippen LogP contribution in [0.5, 0.6) is 0 Å². The van der Waals surface area contributed by atoms with Crippen molar-refractivity contribution in [1.29, 1.82) is 0 Å². The maximum Gasteiger partial charge on any atom is 0.104 e. The molecule has 2 aliphatic rings. The van der Waals surface area contributed by atoms with Crippen molar-refractivity contribution in [3.05, 3.63) is 35.4 Å². The van der Waals surface area contributed by atoms with E-state index in [-0.39, 0.29) is 13.2 Å². The van der Waals surface area contributed by atoms with Gasteiger partial charge < -0.3 is 24.4 Å². The Morgan fingerprint density at radius 3 is 1.84 bits per heavy atom. The number of ether oxygens (including phenoxy) is 3. The van der Waals surface area contributed by atoms with Gasteiger partial charge in [-0.15, -0.1) is 0 Å². The van der Waals surface area contributed by atoms with Gasteiger partial charge in [-0.1, -0.05) is 24.3 Å². The van der Waals surface area contributed by atoms with Crippen LogP contribution < -0.4 is 0 Å². The van der Waals surface area contributed by atoms with Gasteiger partial charge >= 0.3 is 0 Å². The second-order valence-electron chi connectivity index (χ2n) is 4.58. The van der Waals surface area contributed by atoms with E-state index in [1.165, 1.54) is 0 Å². The van der Waals surface area contributed by atoms with Gasteiger partial charge in [-0.2, -0.15) is 0 Å². The van der Waals surface area contributed by atoms with Crippen LogP contribution in [0.3, 0.4) is 0 Å². The van der Waals surface area contributed by atoms with Gasteiger partial charge in [-0.25, -0.2) is 0 Å². The van der Waals surface area contributed by atoms with Gasteiger partial charge in [0.1, 0.15) is 12.2 Å². The molecule has 2 heterocycles. The summed E-state index contributed by atoms with van der Waals surface area (Å²) >= 11 is 0. The van der Waals surface area contributed by atoms with Gasteiger partial charge in [0, 0.05) is 0 Å². The SMILES string of the molecule is C(OCC1CO1)C1CO1.OCc1cccc(CO)c1. The Hall–Kier alpha value is -0.980. The van der Waals surface area contributed by atoms with Gasteiger partial charge in [0.2, 0.25) is 0 Å². The molecule has 5 heteroatoms. The van der Waals surface area contributed by atoms with E-state index in [1.807, 2.05) is 18.2 Å². The molecule has 2 saturated heterocycles. The normalized spacial score (nSPS) is 23.5. The quantitative estimate of drug-likeness (QED) is 0.734. The minimum absolute atomic E-state index is 0.0356. The topological polar surface area (TPSA) is 74.8 Å². The van der Waals surface area contributed by atoms with Crippen LogP contribution in [0.4, 0.5) is 0 Å². The summed E-state index contributed by atoms with van der Waals surface area (Å²) in [7, 11) is 0. The van der Waals surface area contributed by atoms with Crippen LogP contribution in [-0.4, -0.2) is 48.8 Å². The minimum atomic E-state index is 0.0356. The number of aliphatic hydroxyl groups excluding tert-OH is 2. The van der Waals surface area contributed by atoms with Gasteiger partial charge in [0.05, 0.1) is 39.6 Å². The fraction of sp³-hybridized carbons (Fsp3) is 0.571. The highest BCUT2D eigenvalue weighted by atomic mass is 16.6. The molecule has 2 fully saturated rings. The zero-order valence-electron chi connectivity index (χ0n) is 10.8. The fourth-order valence-electron chi connectivity index (χ4n) is 1.49. The first-order valence-corrected chi connectivity index (χ1v) is 6.42. The molecule has 0 bridgehead atoms. The van der Waals surface area contributed by atoms with Crippen LogP contribution in [0.2, 0.25) is 0 Å². The number of epoxide rings is 2.